The minimum Gasteiger partial charge on any atom is -0.495 e. The van der Waals surface area contributed by atoms with Gasteiger partial charge in [-0.3, -0.25) is 4.79 Å². The van der Waals surface area contributed by atoms with Crippen LogP contribution in [0.15, 0.2) is 52.0 Å². The van der Waals surface area contributed by atoms with Crippen LogP contribution in [0.1, 0.15) is 31.4 Å². The molecule has 0 radical (unpaired) electrons. The predicted octanol–water partition coefficient (Wildman–Crippen LogP) is 3.50. The summed E-state index contributed by atoms with van der Waals surface area (Å²) in [6, 6.07) is 7.94. The van der Waals surface area contributed by atoms with Crippen molar-refractivity contribution >= 4 is 27.7 Å². The highest BCUT2D eigenvalue weighted by Gasteiger charge is 2.26. The van der Waals surface area contributed by atoms with Crippen LogP contribution < -0.4 is 10.1 Å². The molecular formula is C20H24N2O5S. The third-order valence-electron chi connectivity index (χ3n) is 4.57. The second-order valence-electron chi connectivity index (χ2n) is 6.52. The van der Waals surface area contributed by atoms with Gasteiger partial charge in [-0.05, 0) is 49.2 Å². The van der Waals surface area contributed by atoms with Gasteiger partial charge in [-0.25, -0.2) is 8.42 Å². The Morgan fingerprint density at radius 2 is 1.93 bits per heavy atom. The Hall–Kier alpha value is -2.58. The monoisotopic (exact) mass is 404 g/mol. The number of hydrogen-bond donors (Lipinski definition) is 1. The largest absolute Gasteiger partial charge is 0.495 e. The van der Waals surface area contributed by atoms with E-state index in [9.17, 15) is 13.2 Å². The molecule has 2 aromatic rings. The maximum absolute atomic E-state index is 13.0. The number of hydrogen-bond acceptors (Lipinski definition) is 5. The lowest BCUT2D eigenvalue weighted by molar-refractivity contribution is -0.111. The summed E-state index contributed by atoms with van der Waals surface area (Å²) in [6.07, 6.45) is 8.15. The summed E-state index contributed by atoms with van der Waals surface area (Å²) in [5.74, 6) is 0.508. The molecule has 0 saturated carbocycles. The van der Waals surface area contributed by atoms with E-state index in [1.165, 1.54) is 42.0 Å². The molecule has 1 aliphatic rings. The topological polar surface area (TPSA) is 88.9 Å². The van der Waals surface area contributed by atoms with E-state index in [-0.39, 0.29) is 4.90 Å². The fourth-order valence-corrected chi connectivity index (χ4v) is 4.64. The van der Waals surface area contributed by atoms with Gasteiger partial charge in [0.1, 0.15) is 11.5 Å². The van der Waals surface area contributed by atoms with Crippen molar-refractivity contribution < 1.29 is 22.4 Å². The van der Waals surface area contributed by atoms with E-state index >= 15 is 0 Å². The van der Waals surface area contributed by atoms with E-state index < -0.39 is 15.9 Å². The first-order valence-corrected chi connectivity index (χ1v) is 10.7. The lowest BCUT2D eigenvalue weighted by atomic mass is 10.2. The SMILES string of the molecule is COc1ccc(S(=O)(=O)N2CCCCCC2)cc1NC(=O)/C=C/c1ccco1. The van der Waals surface area contributed by atoms with Crippen LogP contribution in [0, 0.1) is 0 Å². The normalized spacial score (nSPS) is 16.0. The Kier molecular flexibility index (Phi) is 6.53. The average molecular weight is 404 g/mol. The number of nitrogens with zero attached hydrogens (tertiary/aromatic N) is 1. The minimum absolute atomic E-state index is 0.139. The first kappa shape index (κ1) is 20.2. The molecule has 7 nitrogen and oxygen atoms in total. The zero-order valence-corrected chi connectivity index (χ0v) is 16.6. The second-order valence-corrected chi connectivity index (χ2v) is 8.46. The van der Waals surface area contributed by atoms with Crippen molar-refractivity contribution in [1.29, 1.82) is 0 Å². The fourth-order valence-electron chi connectivity index (χ4n) is 3.09. The van der Waals surface area contributed by atoms with E-state index in [1.54, 1.807) is 18.2 Å². The molecule has 28 heavy (non-hydrogen) atoms. The highest BCUT2D eigenvalue weighted by Crippen LogP contribution is 2.30. The van der Waals surface area contributed by atoms with Gasteiger partial charge in [0.15, 0.2) is 0 Å². The van der Waals surface area contributed by atoms with E-state index in [2.05, 4.69) is 5.32 Å². The Balaban J connectivity index is 1.82. The van der Waals surface area contributed by atoms with Crippen molar-refractivity contribution in [2.45, 2.75) is 30.6 Å². The van der Waals surface area contributed by atoms with Crippen molar-refractivity contribution in [3.63, 3.8) is 0 Å². The standard InChI is InChI=1S/C20H24N2O5S/c1-26-19-10-9-17(28(24,25)22-12-4-2-3-5-13-22)15-18(19)21-20(23)11-8-16-7-6-14-27-16/h6-11,14-15H,2-5,12-13H2,1H3,(H,21,23)/b11-8+. The van der Waals surface area contributed by atoms with Gasteiger partial charge in [0.05, 0.1) is 24.0 Å². The van der Waals surface area contributed by atoms with Crippen molar-refractivity contribution in [1.82, 2.24) is 4.31 Å². The van der Waals surface area contributed by atoms with Gasteiger partial charge in [-0.15, -0.1) is 0 Å². The highest BCUT2D eigenvalue weighted by atomic mass is 32.2. The number of methoxy groups -OCH3 is 1. The zero-order chi connectivity index (χ0) is 20.0. The molecule has 150 valence electrons. The molecule has 1 saturated heterocycles. The molecular weight excluding hydrogens is 380 g/mol. The van der Waals surface area contributed by atoms with Gasteiger partial charge in [0, 0.05) is 19.2 Å². The first-order valence-electron chi connectivity index (χ1n) is 9.21. The van der Waals surface area contributed by atoms with E-state index in [4.69, 9.17) is 9.15 Å². The van der Waals surface area contributed by atoms with Gasteiger partial charge in [-0.2, -0.15) is 4.31 Å². The summed E-state index contributed by atoms with van der Waals surface area (Å²) in [6.45, 7) is 1.03. The van der Waals surface area contributed by atoms with Gasteiger partial charge >= 0.3 is 0 Å². The van der Waals surface area contributed by atoms with Crippen molar-refractivity contribution in [2.75, 3.05) is 25.5 Å². The number of rotatable bonds is 6. The van der Waals surface area contributed by atoms with Crippen LogP contribution >= 0.6 is 0 Å². The van der Waals surface area contributed by atoms with Crippen LogP contribution in [-0.4, -0.2) is 38.8 Å². The molecule has 1 fully saturated rings. The van der Waals surface area contributed by atoms with Gasteiger partial charge in [0.2, 0.25) is 15.9 Å². The summed E-state index contributed by atoms with van der Waals surface area (Å²) in [5.41, 5.74) is 0.299. The molecule has 1 N–H and O–H groups in total. The molecule has 0 bridgehead atoms. The molecule has 1 aliphatic heterocycles. The number of amides is 1. The van der Waals surface area contributed by atoms with Crippen molar-refractivity contribution in [3.05, 3.63) is 48.4 Å². The number of ether oxygens (including phenoxy) is 1. The smallest absolute Gasteiger partial charge is 0.248 e. The molecule has 0 unspecified atom stereocenters. The van der Waals surface area contributed by atoms with E-state index in [0.717, 1.165) is 25.7 Å². The van der Waals surface area contributed by atoms with Crippen molar-refractivity contribution in [3.8, 4) is 5.75 Å². The number of sulfonamides is 1. The lowest BCUT2D eigenvalue weighted by Gasteiger charge is -2.20. The Morgan fingerprint density at radius 3 is 2.57 bits per heavy atom. The highest BCUT2D eigenvalue weighted by molar-refractivity contribution is 7.89. The molecule has 3 rings (SSSR count). The molecule has 0 atom stereocenters. The van der Waals surface area contributed by atoms with Gasteiger partial charge < -0.3 is 14.5 Å². The molecule has 1 amide bonds. The average Bonchev–Trinajstić information content (AvgIpc) is 3.05. The number of carbonyl (C=O) groups excluding carboxylic acids is 1. The Labute approximate surface area is 165 Å². The fraction of sp³-hybridized carbons (Fsp3) is 0.350. The Morgan fingerprint density at radius 1 is 1.18 bits per heavy atom. The lowest BCUT2D eigenvalue weighted by Crippen LogP contribution is -2.32. The summed E-state index contributed by atoms with van der Waals surface area (Å²) in [4.78, 5) is 12.4. The number of anilines is 1. The van der Waals surface area contributed by atoms with Crippen LogP contribution in [-0.2, 0) is 14.8 Å². The minimum atomic E-state index is -3.62. The third-order valence-corrected chi connectivity index (χ3v) is 6.47. The van der Waals surface area contributed by atoms with Crippen LogP contribution in [0.4, 0.5) is 5.69 Å². The van der Waals surface area contributed by atoms with Crippen molar-refractivity contribution in [2.24, 2.45) is 0 Å². The summed E-state index contributed by atoms with van der Waals surface area (Å²) in [7, 11) is -2.16. The molecule has 8 heteroatoms. The number of carbonyl (C=O) groups is 1. The summed E-state index contributed by atoms with van der Waals surface area (Å²) < 4.78 is 37.9. The number of nitrogens with one attached hydrogen (secondary N) is 1. The van der Waals surface area contributed by atoms with Crippen LogP contribution in [0.25, 0.3) is 6.08 Å². The molecule has 1 aromatic heterocycles. The quantitative estimate of drug-likeness (QED) is 0.745. The molecule has 1 aromatic carbocycles. The predicted molar refractivity (Wildman–Crippen MR) is 107 cm³/mol. The Bertz CT molecular complexity index is 928. The third kappa shape index (κ3) is 4.82. The maximum atomic E-state index is 13.0. The second kappa shape index (κ2) is 9.07. The first-order chi connectivity index (χ1) is 13.5. The van der Waals surface area contributed by atoms with Crippen LogP contribution in [0.2, 0.25) is 0 Å². The summed E-state index contributed by atoms with van der Waals surface area (Å²) in [5, 5.41) is 2.68. The van der Waals surface area contributed by atoms with E-state index in [0.29, 0.717) is 30.3 Å². The number of furan rings is 1. The molecule has 0 spiro atoms. The van der Waals surface area contributed by atoms with E-state index in [1.807, 2.05) is 0 Å². The van der Waals surface area contributed by atoms with Gasteiger partial charge in [-0.1, -0.05) is 12.8 Å². The molecule has 0 aliphatic carbocycles. The molecule has 2 heterocycles. The van der Waals surface area contributed by atoms with Crippen LogP contribution in [0.5, 0.6) is 5.75 Å². The number of benzene rings is 1. The zero-order valence-electron chi connectivity index (χ0n) is 15.8. The summed E-state index contributed by atoms with van der Waals surface area (Å²) >= 11 is 0. The maximum Gasteiger partial charge on any atom is 0.248 e. The van der Waals surface area contributed by atoms with Crippen LogP contribution in [0.3, 0.4) is 0 Å². The van der Waals surface area contributed by atoms with Gasteiger partial charge in [0.25, 0.3) is 0 Å².